The second kappa shape index (κ2) is 6.35. The highest BCUT2D eigenvalue weighted by Crippen LogP contribution is 2.23. The van der Waals surface area contributed by atoms with Gasteiger partial charge in [-0.2, -0.15) is 0 Å². The predicted octanol–water partition coefficient (Wildman–Crippen LogP) is 2.18. The molecule has 1 heterocycles. The third-order valence-corrected chi connectivity index (χ3v) is 4.31. The summed E-state index contributed by atoms with van der Waals surface area (Å²) < 4.78 is 1.02. The van der Waals surface area contributed by atoms with E-state index >= 15 is 0 Å². The van der Waals surface area contributed by atoms with Gasteiger partial charge in [-0.25, -0.2) is 0 Å². The highest BCUT2D eigenvalue weighted by atomic mass is 79.9. The van der Waals surface area contributed by atoms with Gasteiger partial charge in [0.05, 0.1) is 0 Å². The Balaban J connectivity index is 2.07. The lowest BCUT2D eigenvalue weighted by Gasteiger charge is -2.39. The van der Waals surface area contributed by atoms with Crippen LogP contribution >= 0.6 is 27.5 Å². The summed E-state index contributed by atoms with van der Waals surface area (Å²) >= 11 is 9.70. The van der Waals surface area contributed by atoms with E-state index in [0.717, 1.165) is 35.7 Å². The minimum Gasteiger partial charge on any atom is -0.329 e. The zero-order valence-corrected chi connectivity index (χ0v) is 12.9. The largest absolute Gasteiger partial charge is 0.329 e. The number of hydrogen-bond donors (Lipinski definition) is 1. The molecule has 1 atom stereocenters. The molecule has 1 saturated heterocycles. The van der Waals surface area contributed by atoms with Gasteiger partial charge in [0.15, 0.2) is 0 Å². The normalized spacial score (nSPS) is 22.3. The molecular weight excluding hydrogens is 314 g/mol. The Hall–Kier alpha value is -0.130. The van der Waals surface area contributed by atoms with Crippen LogP contribution in [0.15, 0.2) is 22.7 Å². The van der Waals surface area contributed by atoms with Gasteiger partial charge in [0.25, 0.3) is 0 Å². The van der Waals surface area contributed by atoms with Crippen molar-refractivity contribution in [3.63, 3.8) is 0 Å². The average molecular weight is 333 g/mol. The van der Waals surface area contributed by atoms with Crippen molar-refractivity contribution in [1.29, 1.82) is 0 Å². The first-order valence-electron chi connectivity index (χ1n) is 6.16. The highest BCUT2D eigenvalue weighted by molar-refractivity contribution is 9.10. The van der Waals surface area contributed by atoms with Crippen molar-refractivity contribution in [3.05, 3.63) is 33.3 Å². The quantitative estimate of drug-likeness (QED) is 0.921. The molecule has 0 aromatic heterocycles. The molecule has 0 bridgehead atoms. The Morgan fingerprint density at radius 2 is 2.22 bits per heavy atom. The topological polar surface area (TPSA) is 32.5 Å². The second-order valence-electron chi connectivity index (χ2n) is 4.86. The molecule has 5 heteroatoms. The van der Waals surface area contributed by atoms with Crippen LogP contribution in [0.1, 0.15) is 5.56 Å². The van der Waals surface area contributed by atoms with E-state index in [4.69, 9.17) is 17.3 Å². The van der Waals surface area contributed by atoms with Gasteiger partial charge >= 0.3 is 0 Å². The van der Waals surface area contributed by atoms with Crippen LogP contribution in [0.3, 0.4) is 0 Å². The van der Waals surface area contributed by atoms with E-state index in [-0.39, 0.29) is 0 Å². The third-order valence-electron chi connectivity index (χ3n) is 3.47. The lowest BCUT2D eigenvalue weighted by molar-refractivity contribution is 0.0881. The third kappa shape index (κ3) is 3.45. The van der Waals surface area contributed by atoms with Crippen LogP contribution in [0.4, 0.5) is 0 Å². The molecule has 0 radical (unpaired) electrons. The maximum absolute atomic E-state index is 6.27. The molecule has 2 N–H and O–H groups in total. The zero-order chi connectivity index (χ0) is 13.1. The average Bonchev–Trinajstić information content (AvgIpc) is 2.34. The zero-order valence-electron chi connectivity index (χ0n) is 10.6. The first kappa shape index (κ1) is 14.3. The van der Waals surface area contributed by atoms with Gasteiger partial charge in [-0.1, -0.05) is 33.6 Å². The summed E-state index contributed by atoms with van der Waals surface area (Å²) in [6, 6.07) is 6.49. The summed E-state index contributed by atoms with van der Waals surface area (Å²) in [5, 5.41) is 0.819. The number of nitrogens with zero attached hydrogens (tertiary/aromatic N) is 2. The van der Waals surface area contributed by atoms with Gasteiger partial charge in [0.2, 0.25) is 0 Å². The Labute approximate surface area is 122 Å². The summed E-state index contributed by atoms with van der Waals surface area (Å²) in [6.07, 6.45) is 0. The van der Waals surface area contributed by atoms with Crippen LogP contribution in [0.2, 0.25) is 5.02 Å². The van der Waals surface area contributed by atoms with Gasteiger partial charge in [-0.05, 0) is 24.7 Å². The molecule has 1 aromatic rings. The summed E-state index contributed by atoms with van der Waals surface area (Å²) in [5.74, 6) is 0. The van der Waals surface area contributed by atoms with Gasteiger partial charge in [-0.15, -0.1) is 0 Å². The molecule has 1 unspecified atom stereocenters. The van der Waals surface area contributed by atoms with Crippen molar-refractivity contribution in [1.82, 2.24) is 9.80 Å². The molecule has 1 fully saturated rings. The SMILES string of the molecule is CN1CCN(Cc2ccc(Br)cc2Cl)C(CN)C1. The first-order valence-corrected chi connectivity index (χ1v) is 7.34. The lowest BCUT2D eigenvalue weighted by atomic mass is 10.1. The fourth-order valence-electron chi connectivity index (χ4n) is 2.35. The highest BCUT2D eigenvalue weighted by Gasteiger charge is 2.24. The summed E-state index contributed by atoms with van der Waals surface area (Å²) in [7, 11) is 2.15. The van der Waals surface area contributed by atoms with Crippen LogP contribution in [-0.2, 0) is 6.54 Å². The number of benzene rings is 1. The van der Waals surface area contributed by atoms with E-state index in [0.29, 0.717) is 12.6 Å². The maximum atomic E-state index is 6.27. The molecule has 0 amide bonds. The Bertz CT molecular complexity index is 413. The molecule has 0 saturated carbocycles. The number of piperazine rings is 1. The van der Waals surface area contributed by atoms with Crippen LogP contribution in [0.25, 0.3) is 0 Å². The monoisotopic (exact) mass is 331 g/mol. The minimum atomic E-state index is 0.420. The van der Waals surface area contributed by atoms with Crippen molar-refractivity contribution in [2.24, 2.45) is 5.73 Å². The smallest absolute Gasteiger partial charge is 0.0462 e. The van der Waals surface area contributed by atoms with Crippen LogP contribution < -0.4 is 5.73 Å². The summed E-state index contributed by atoms with van der Waals surface area (Å²) in [6.45, 7) is 4.74. The van der Waals surface area contributed by atoms with E-state index in [1.807, 2.05) is 12.1 Å². The fraction of sp³-hybridized carbons (Fsp3) is 0.538. The van der Waals surface area contributed by atoms with Crippen LogP contribution in [-0.4, -0.2) is 49.1 Å². The minimum absolute atomic E-state index is 0.420. The fourth-order valence-corrected chi connectivity index (χ4v) is 3.08. The van der Waals surface area contributed by atoms with Gasteiger partial charge in [-0.3, -0.25) is 4.90 Å². The van der Waals surface area contributed by atoms with Crippen LogP contribution in [0, 0.1) is 0 Å². The summed E-state index contributed by atoms with van der Waals surface area (Å²) in [4.78, 5) is 4.76. The second-order valence-corrected chi connectivity index (χ2v) is 6.18. The molecule has 1 aliphatic heterocycles. The molecule has 3 nitrogen and oxygen atoms in total. The van der Waals surface area contributed by atoms with E-state index in [1.165, 1.54) is 5.56 Å². The number of halogens is 2. The van der Waals surface area contributed by atoms with E-state index in [2.05, 4.69) is 38.8 Å². The molecule has 1 aliphatic rings. The molecule has 100 valence electrons. The predicted molar refractivity (Wildman–Crippen MR) is 79.9 cm³/mol. The van der Waals surface area contributed by atoms with Gasteiger partial charge in [0.1, 0.15) is 0 Å². The van der Waals surface area contributed by atoms with Crippen molar-refractivity contribution in [3.8, 4) is 0 Å². The van der Waals surface area contributed by atoms with E-state index in [9.17, 15) is 0 Å². The Kier molecular flexibility index (Phi) is 5.04. The first-order chi connectivity index (χ1) is 8.60. The van der Waals surface area contributed by atoms with E-state index < -0.39 is 0 Å². The number of likely N-dealkylation sites (N-methyl/N-ethyl adjacent to an activating group) is 1. The number of nitrogens with two attached hydrogens (primary N) is 1. The summed E-state index contributed by atoms with van der Waals surface area (Å²) in [5.41, 5.74) is 7.03. The van der Waals surface area contributed by atoms with Crippen LogP contribution in [0.5, 0.6) is 0 Å². The molecule has 1 aromatic carbocycles. The molecular formula is C13H19BrClN3. The van der Waals surface area contributed by atoms with E-state index in [1.54, 1.807) is 0 Å². The molecule has 0 spiro atoms. The number of rotatable bonds is 3. The molecule has 0 aliphatic carbocycles. The van der Waals surface area contributed by atoms with Crippen molar-refractivity contribution in [2.75, 3.05) is 33.2 Å². The van der Waals surface area contributed by atoms with Gasteiger partial charge in [0, 0.05) is 48.3 Å². The molecule has 18 heavy (non-hydrogen) atoms. The van der Waals surface area contributed by atoms with Crippen molar-refractivity contribution < 1.29 is 0 Å². The Morgan fingerprint density at radius 1 is 1.44 bits per heavy atom. The standard InChI is InChI=1S/C13H19BrClN3/c1-17-4-5-18(12(7-16)9-17)8-10-2-3-11(14)6-13(10)15/h2-3,6,12H,4-5,7-9,16H2,1H3. The van der Waals surface area contributed by atoms with Crippen molar-refractivity contribution >= 4 is 27.5 Å². The Morgan fingerprint density at radius 3 is 2.89 bits per heavy atom. The maximum Gasteiger partial charge on any atom is 0.0462 e. The number of hydrogen-bond acceptors (Lipinski definition) is 3. The van der Waals surface area contributed by atoms with Gasteiger partial charge < -0.3 is 10.6 Å². The van der Waals surface area contributed by atoms with Crippen molar-refractivity contribution in [2.45, 2.75) is 12.6 Å². The lowest BCUT2D eigenvalue weighted by Crippen LogP contribution is -2.54. The molecule has 2 rings (SSSR count).